The molecule has 1 atom stereocenters. The molecule has 1 unspecified atom stereocenters. The van der Waals surface area contributed by atoms with E-state index in [0.29, 0.717) is 17.4 Å². The molecule has 3 nitrogen and oxygen atoms in total. The summed E-state index contributed by atoms with van der Waals surface area (Å²) < 4.78 is 0.911. The number of carbonyl (C=O) groups is 1. The summed E-state index contributed by atoms with van der Waals surface area (Å²) in [4.78, 5) is 17.6. The molecule has 1 amide bonds. The van der Waals surface area contributed by atoms with Gasteiger partial charge in [-0.1, -0.05) is 27.5 Å². The number of hydrogen-bond donors (Lipinski definition) is 0. The van der Waals surface area contributed by atoms with Crippen molar-refractivity contribution in [2.45, 2.75) is 6.42 Å². The maximum absolute atomic E-state index is 11.9. The SMILES string of the molecule is O=C1CC(CBr)CN1c1c(Cl)cncc1I. The van der Waals surface area contributed by atoms with Crippen molar-refractivity contribution in [3.05, 3.63) is 21.0 Å². The Morgan fingerprint density at radius 3 is 2.94 bits per heavy atom. The van der Waals surface area contributed by atoms with Crippen LogP contribution in [0.1, 0.15) is 6.42 Å². The molecule has 1 aromatic heterocycles. The van der Waals surface area contributed by atoms with Crippen LogP contribution in [-0.4, -0.2) is 22.8 Å². The smallest absolute Gasteiger partial charge is 0.227 e. The van der Waals surface area contributed by atoms with E-state index in [2.05, 4.69) is 43.5 Å². The van der Waals surface area contributed by atoms with Gasteiger partial charge in [-0.25, -0.2) is 0 Å². The van der Waals surface area contributed by atoms with Crippen LogP contribution in [-0.2, 0) is 4.79 Å². The van der Waals surface area contributed by atoms with E-state index in [1.807, 2.05) is 0 Å². The molecule has 16 heavy (non-hydrogen) atoms. The minimum absolute atomic E-state index is 0.135. The minimum atomic E-state index is 0.135. The predicted octanol–water partition coefficient (Wildman–Crippen LogP) is 3.09. The number of aromatic nitrogens is 1. The molecule has 0 bridgehead atoms. The van der Waals surface area contributed by atoms with E-state index in [1.54, 1.807) is 17.3 Å². The molecule has 6 heteroatoms. The van der Waals surface area contributed by atoms with Crippen LogP contribution in [0.5, 0.6) is 0 Å². The highest BCUT2D eigenvalue weighted by Crippen LogP contribution is 2.34. The van der Waals surface area contributed by atoms with Crippen LogP contribution >= 0.6 is 50.1 Å². The highest BCUT2D eigenvalue weighted by atomic mass is 127. The molecule has 0 saturated carbocycles. The van der Waals surface area contributed by atoms with Gasteiger partial charge in [-0.2, -0.15) is 0 Å². The summed E-state index contributed by atoms with van der Waals surface area (Å²) >= 11 is 11.7. The third-order valence-corrected chi connectivity index (χ3v) is 4.50. The van der Waals surface area contributed by atoms with E-state index in [0.717, 1.165) is 21.1 Å². The van der Waals surface area contributed by atoms with Gasteiger partial charge in [-0.3, -0.25) is 9.78 Å². The average Bonchev–Trinajstić information content (AvgIpc) is 2.60. The quantitative estimate of drug-likeness (QED) is 0.550. The van der Waals surface area contributed by atoms with Crippen molar-refractivity contribution in [2.75, 3.05) is 16.8 Å². The van der Waals surface area contributed by atoms with Crippen LogP contribution in [0.4, 0.5) is 5.69 Å². The first-order chi connectivity index (χ1) is 7.63. The Balaban J connectivity index is 2.35. The lowest BCUT2D eigenvalue weighted by atomic mass is 10.2. The van der Waals surface area contributed by atoms with Crippen LogP contribution in [0, 0.1) is 9.49 Å². The van der Waals surface area contributed by atoms with Crippen LogP contribution in [0.3, 0.4) is 0 Å². The van der Waals surface area contributed by atoms with Gasteiger partial charge in [0.1, 0.15) is 0 Å². The fourth-order valence-corrected chi connectivity index (χ4v) is 3.36. The molecule has 0 aromatic carbocycles. The zero-order valence-electron chi connectivity index (χ0n) is 8.29. The Morgan fingerprint density at radius 2 is 2.38 bits per heavy atom. The highest BCUT2D eigenvalue weighted by Gasteiger charge is 2.32. The third kappa shape index (κ3) is 2.36. The van der Waals surface area contributed by atoms with Gasteiger partial charge in [0.05, 0.1) is 14.3 Å². The zero-order valence-corrected chi connectivity index (χ0v) is 12.8. The average molecular weight is 415 g/mol. The van der Waals surface area contributed by atoms with Crippen LogP contribution < -0.4 is 4.90 Å². The Morgan fingerprint density at radius 1 is 1.62 bits per heavy atom. The number of halogens is 3. The van der Waals surface area contributed by atoms with Gasteiger partial charge in [0, 0.05) is 30.7 Å². The van der Waals surface area contributed by atoms with Gasteiger partial charge in [0.2, 0.25) is 5.91 Å². The first-order valence-electron chi connectivity index (χ1n) is 4.78. The van der Waals surface area contributed by atoms with E-state index in [-0.39, 0.29) is 5.91 Å². The maximum Gasteiger partial charge on any atom is 0.227 e. The van der Waals surface area contributed by atoms with Crippen molar-refractivity contribution in [2.24, 2.45) is 5.92 Å². The second kappa shape index (κ2) is 5.18. The monoisotopic (exact) mass is 414 g/mol. The van der Waals surface area contributed by atoms with Crippen LogP contribution in [0.15, 0.2) is 12.4 Å². The van der Waals surface area contributed by atoms with E-state index in [4.69, 9.17) is 11.6 Å². The lowest BCUT2D eigenvalue weighted by molar-refractivity contribution is -0.117. The van der Waals surface area contributed by atoms with E-state index in [1.165, 1.54) is 0 Å². The van der Waals surface area contributed by atoms with Crippen molar-refractivity contribution >= 4 is 61.7 Å². The van der Waals surface area contributed by atoms with Gasteiger partial charge in [0.25, 0.3) is 0 Å². The molecule has 86 valence electrons. The molecule has 0 aliphatic carbocycles. The van der Waals surface area contributed by atoms with Crippen molar-refractivity contribution in [1.82, 2.24) is 4.98 Å². The number of anilines is 1. The molecule has 0 radical (unpaired) electrons. The molecule has 2 rings (SSSR count). The van der Waals surface area contributed by atoms with Crippen molar-refractivity contribution in [3.8, 4) is 0 Å². The standard InChI is InChI=1S/C10H9BrClIN2O/c11-2-6-1-9(16)15(5-6)10-7(12)3-14-4-8(10)13/h3-4,6H,1-2,5H2. The highest BCUT2D eigenvalue weighted by molar-refractivity contribution is 14.1. The second-order valence-corrected chi connectivity index (χ2v) is 5.90. The van der Waals surface area contributed by atoms with E-state index >= 15 is 0 Å². The topological polar surface area (TPSA) is 33.2 Å². The zero-order chi connectivity index (χ0) is 11.7. The van der Waals surface area contributed by atoms with Crippen LogP contribution in [0.25, 0.3) is 0 Å². The third-order valence-electron chi connectivity index (χ3n) is 2.52. The molecular weight excluding hydrogens is 406 g/mol. The molecule has 2 heterocycles. The van der Waals surface area contributed by atoms with Gasteiger partial charge in [-0.15, -0.1) is 0 Å². The van der Waals surface area contributed by atoms with Gasteiger partial charge in [-0.05, 0) is 28.5 Å². The number of amides is 1. The maximum atomic E-state index is 11.9. The Labute approximate surface area is 121 Å². The minimum Gasteiger partial charge on any atom is -0.310 e. The Hall–Kier alpha value is 0.120. The first-order valence-corrected chi connectivity index (χ1v) is 7.36. The molecular formula is C10H9BrClIN2O. The Bertz CT molecular complexity index is 409. The van der Waals surface area contributed by atoms with E-state index < -0.39 is 0 Å². The summed E-state index contributed by atoms with van der Waals surface area (Å²) in [7, 11) is 0. The van der Waals surface area contributed by atoms with Crippen molar-refractivity contribution in [3.63, 3.8) is 0 Å². The molecule has 0 spiro atoms. The lowest BCUT2D eigenvalue weighted by Crippen LogP contribution is -2.26. The molecule has 1 fully saturated rings. The largest absolute Gasteiger partial charge is 0.310 e. The van der Waals surface area contributed by atoms with Gasteiger partial charge in [0.15, 0.2) is 0 Å². The van der Waals surface area contributed by atoms with Gasteiger partial charge < -0.3 is 4.90 Å². The van der Waals surface area contributed by atoms with Gasteiger partial charge >= 0.3 is 0 Å². The summed E-state index contributed by atoms with van der Waals surface area (Å²) in [6.07, 6.45) is 3.88. The number of hydrogen-bond acceptors (Lipinski definition) is 2. The van der Waals surface area contributed by atoms with Crippen molar-refractivity contribution in [1.29, 1.82) is 0 Å². The molecule has 0 N–H and O–H groups in total. The molecule has 1 saturated heterocycles. The number of alkyl halides is 1. The number of carbonyl (C=O) groups excluding carboxylic acids is 1. The number of pyridine rings is 1. The lowest BCUT2D eigenvalue weighted by Gasteiger charge is -2.19. The summed E-state index contributed by atoms with van der Waals surface area (Å²) in [5.41, 5.74) is 0.797. The summed E-state index contributed by atoms with van der Waals surface area (Å²) in [5, 5.41) is 1.38. The summed E-state index contributed by atoms with van der Waals surface area (Å²) in [6, 6.07) is 0. The second-order valence-electron chi connectivity index (χ2n) is 3.68. The molecule has 1 aliphatic rings. The van der Waals surface area contributed by atoms with E-state index in [9.17, 15) is 4.79 Å². The normalized spacial score (nSPS) is 20.6. The molecule has 1 aromatic rings. The summed E-state index contributed by atoms with van der Waals surface area (Å²) in [5.74, 6) is 0.503. The van der Waals surface area contributed by atoms with Crippen molar-refractivity contribution < 1.29 is 4.79 Å². The number of nitrogens with zero attached hydrogens (tertiary/aromatic N) is 2. The predicted molar refractivity (Wildman–Crippen MR) is 76.2 cm³/mol. The first kappa shape index (κ1) is 12.6. The molecule has 1 aliphatic heterocycles. The fourth-order valence-electron chi connectivity index (χ4n) is 1.76. The Kier molecular flexibility index (Phi) is 4.07. The number of rotatable bonds is 2. The summed E-state index contributed by atoms with van der Waals surface area (Å²) in [6.45, 7) is 0.726. The van der Waals surface area contributed by atoms with Crippen LogP contribution in [0.2, 0.25) is 5.02 Å². The fraction of sp³-hybridized carbons (Fsp3) is 0.400.